The van der Waals surface area contributed by atoms with E-state index in [0.717, 1.165) is 22.5 Å². The zero-order valence-corrected chi connectivity index (χ0v) is 12.2. The zero-order valence-electron chi connectivity index (χ0n) is 11.4. The molecule has 2 aromatic rings. The summed E-state index contributed by atoms with van der Waals surface area (Å²) < 4.78 is 0. The molecule has 0 aliphatic carbocycles. The lowest BCUT2D eigenvalue weighted by Crippen LogP contribution is -2.37. The largest absolute Gasteiger partial charge is 0.389 e. The first-order valence-electron chi connectivity index (χ1n) is 6.66. The van der Waals surface area contributed by atoms with Crippen molar-refractivity contribution in [1.29, 1.82) is 0 Å². The van der Waals surface area contributed by atoms with Crippen molar-refractivity contribution in [1.82, 2.24) is 0 Å². The maximum absolute atomic E-state index is 11.8. The van der Waals surface area contributed by atoms with Gasteiger partial charge in [-0.3, -0.25) is 4.79 Å². The average molecular weight is 297 g/mol. The van der Waals surface area contributed by atoms with Gasteiger partial charge in [-0.1, -0.05) is 42.5 Å². The molecule has 1 aliphatic heterocycles. The highest BCUT2D eigenvalue weighted by atomic mass is 32.1. The van der Waals surface area contributed by atoms with Crippen LogP contribution in [-0.2, 0) is 11.3 Å². The lowest BCUT2D eigenvalue weighted by Gasteiger charge is -2.31. The number of thiocarbonyl (C=S) groups is 1. The van der Waals surface area contributed by atoms with Gasteiger partial charge in [-0.25, -0.2) is 0 Å². The number of nitrogens with two attached hydrogens (primary N) is 1. The summed E-state index contributed by atoms with van der Waals surface area (Å²) in [4.78, 5) is 14.2. The molecule has 0 unspecified atom stereocenters. The number of benzene rings is 2. The molecule has 3 N–H and O–H groups in total. The molecule has 0 bridgehead atoms. The van der Waals surface area contributed by atoms with Crippen LogP contribution in [0.3, 0.4) is 0 Å². The summed E-state index contributed by atoms with van der Waals surface area (Å²) in [7, 11) is 0. The molecule has 0 saturated carbocycles. The molecule has 0 atom stereocenters. The van der Waals surface area contributed by atoms with E-state index in [2.05, 4.69) is 5.32 Å². The van der Waals surface area contributed by atoms with E-state index in [1.54, 1.807) is 0 Å². The minimum atomic E-state index is -0.000740. The van der Waals surface area contributed by atoms with E-state index in [-0.39, 0.29) is 5.91 Å². The predicted molar refractivity (Wildman–Crippen MR) is 88.5 cm³/mol. The second kappa shape index (κ2) is 5.54. The van der Waals surface area contributed by atoms with E-state index >= 15 is 0 Å². The second-order valence-electron chi connectivity index (χ2n) is 4.99. The van der Waals surface area contributed by atoms with Gasteiger partial charge >= 0.3 is 0 Å². The van der Waals surface area contributed by atoms with Crippen molar-refractivity contribution in [3.63, 3.8) is 0 Å². The van der Waals surface area contributed by atoms with Gasteiger partial charge in [0.15, 0.2) is 0 Å². The van der Waals surface area contributed by atoms with Crippen molar-refractivity contribution < 1.29 is 4.79 Å². The zero-order chi connectivity index (χ0) is 14.8. The van der Waals surface area contributed by atoms with Gasteiger partial charge in [0, 0.05) is 12.1 Å². The quantitative estimate of drug-likeness (QED) is 0.853. The van der Waals surface area contributed by atoms with Crippen molar-refractivity contribution >= 4 is 34.5 Å². The molecular weight excluding hydrogens is 282 g/mol. The van der Waals surface area contributed by atoms with Crippen LogP contribution in [0.4, 0.5) is 11.4 Å². The Bertz CT molecular complexity index is 714. The lowest BCUT2D eigenvalue weighted by molar-refractivity contribution is -0.115. The van der Waals surface area contributed by atoms with Crippen molar-refractivity contribution in [2.24, 2.45) is 5.73 Å². The Morgan fingerprint density at radius 3 is 2.86 bits per heavy atom. The standard InChI is InChI=1S/C16H15N3OS/c17-16(21)12-5-3-4-11(8-12)9-19-10-15(20)18-13-6-1-2-7-14(13)19/h1-8H,9-10H2,(H2,17,21)(H,18,20). The van der Waals surface area contributed by atoms with Crippen LogP contribution in [0.25, 0.3) is 0 Å². The summed E-state index contributed by atoms with van der Waals surface area (Å²) in [6.45, 7) is 0.981. The fourth-order valence-corrected chi connectivity index (χ4v) is 2.61. The molecule has 0 spiro atoms. The van der Waals surface area contributed by atoms with Crippen LogP contribution in [0.5, 0.6) is 0 Å². The van der Waals surface area contributed by atoms with Crippen molar-refractivity contribution in [3.8, 4) is 0 Å². The van der Waals surface area contributed by atoms with E-state index in [1.807, 2.05) is 53.4 Å². The number of hydrogen-bond donors (Lipinski definition) is 2. The van der Waals surface area contributed by atoms with E-state index in [9.17, 15) is 4.79 Å². The predicted octanol–water partition coefficient (Wildman–Crippen LogP) is 2.28. The van der Waals surface area contributed by atoms with E-state index < -0.39 is 0 Å². The molecule has 1 aliphatic rings. The van der Waals surface area contributed by atoms with Crippen molar-refractivity contribution in [2.75, 3.05) is 16.8 Å². The highest BCUT2D eigenvalue weighted by Crippen LogP contribution is 2.30. The smallest absolute Gasteiger partial charge is 0.243 e. The van der Waals surface area contributed by atoms with E-state index in [0.29, 0.717) is 18.1 Å². The Labute approximate surface area is 128 Å². The third-order valence-electron chi connectivity index (χ3n) is 3.44. The van der Waals surface area contributed by atoms with Gasteiger partial charge in [0.25, 0.3) is 0 Å². The van der Waals surface area contributed by atoms with Crippen LogP contribution in [0, 0.1) is 0 Å². The van der Waals surface area contributed by atoms with Gasteiger partial charge in [-0.05, 0) is 23.8 Å². The number of para-hydroxylation sites is 2. The molecule has 0 saturated heterocycles. The Kier molecular flexibility index (Phi) is 3.58. The minimum absolute atomic E-state index is 0.000740. The van der Waals surface area contributed by atoms with Crippen LogP contribution in [0.1, 0.15) is 11.1 Å². The van der Waals surface area contributed by atoms with Crippen LogP contribution >= 0.6 is 12.2 Å². The molecule has 3 rings (SSSR count). The van der Waals surface area contributed by atoms with Crippen LogP contribution in [0.15, 0.2) is 48.5 Å². The van der Waals surface area contributed by atoms with Crippen molar-refractivity contribution in [3.05, 3.63) is 59.7 Å². The number of nitrogens with one attached hydrogen (secondary N) is 1. The molecule has 4 nitrogen and oxygen atoms in total. The number of carbonyl (C=O) groups is 1. The average Bonchev–Trinajstić information content (AvgIpc) is 2.47. The van der Waals surface area contributed by atoms with Gasteiger partial charge in [0.2, 0.25) is 5.91 Å². The molecule has 1 heterocycles. The monoisotopic (exact) mass is 297 g/mol. The summed E-state index contributed by atoms with van der Waals surface area (Å²) >= 11 is 5.01. The number of fused-ring (bicyclic) bond motifs is 1. The van der Waals surface area contributed by atoms with Gasteiger partial charge in [0.1, 0.15) is 4.99 Å². The van der Waals surface area contributed by atoms with Crippen LogP contribution < -0.4 is 16.0 Å². The number of hydrogen-bond acceptors (Lipinski definition) is 3. The Morgan fingerprint density at radius 2 is 2.05 bits per heavy atom. The number of rotatable bonds is 3. The maximum atomic E-state index is 11.8. The molecule has 2 aromatic carbocycles. The van der Waals surface area contributed by atoms with E-state index in [4.69, 9.17) is 18.0 Å². The second-order valence-corrected chi connectivity index (χ2v) is 5.43. The van der Waals surface area contributed by atoms with Gasteiger partial charge < -0.3 is 16.0 Å². The summed E-state index contributed by atoms with van der Waals surface area (Å²) in [6.07, 6.45) is 0. The minimum Gasteiger partial charge on any atom is -0.389 e. The van der Waals surface area contributed by atoms with Gasteiger partial charge in [-0.15, -0.1) is 0 Å². The highest BCUT2D eigenvalue weighted by Gasteiger charge is 2.21. The molecule has 21 heavy (non-hydrogen) atoms. The van der Waals surface area contributed by atoms with Gasteiger partial charge in [0.05, 0.1) is 17.9 Å². The SMILES string of the molecule is NC(=S)c1cccc(CN2CC(=O)Nc3ccccc32)c1. The van der Waals surface area contributed by atoms with Crippen LogP contribution in [0.2, 0.25) is 0 Å². The first-order valence-corrected chi connectivity index (χ1v) is 7.07. The summed E-state index contributed by atoms with van der Waals surface area (Å²) in [5, 5.41) is 2.88. The molecule has 0 fully saturated rings. The normalized spacial score (nSPS) is 13.5. The molecule has 0 radical (unpaired) electrons. The summed E-state index contributed by atoms with van der Waals surface area (Å²) in [5.74, 6) is -0.000740. The topological polar surface area (TPSA) is 58.4 Å². The molecule has 1 amide bonds. The Morgan fingerprint density at radius 1 is 1.24 bits per heavy atom. The number of amides is 1. The summed E-state index contributed by atoms with van der Waals surface area (Å²) in [5.41, 5.74) is 9.46. The fourth-order valence-electron chi connectivity index (χ4n) is 2.49. The number of nitrogens with zero attached hydrogens (tertiary/aromatic N) is 1. The molecule has 106 valence electrons. The van der Waals surface area contributed by atoms with Crippen LogP contribution in [-0.4, -0.2) is 17.4 Å². The molecule has 5 heteroatoms. The maximum Gasteiger partial charge on any atom is 0.243 e. The number of carbonyl (C=O) groups excluding carboxylic acids is 1. The van der Waals surface area contributed by atoms with E-state index in [1.165, 1.54) is 0 Å². The molecule has 0 aromatic heterocycles. The first kappa shape index (κ1) is 13.6. The molecular formula is C16H15N3OS. The Balaban J connectivity index is 1.90. The first-order chi connectivity index (χ1) is 10.1. The fraction of sp³-hybridized carbons (Fsp3) is 0.125. The highest BCUT2D eigenvalue weighted by molar-refractivity contribution is 7.80. The third kappa shape index (κ3) is 2.87. The summed E-state index contributed by atoms with van der Waals surface area (Å²) in [6, 6.07) is 15.6. The lowest BCUT2D eigenvalue weighted by atomic mass is 10.1. The van der Waals surface area contributed by atoms with Crippen molar-refractivity contribution in [2.45, 2.75) is 6.54 Å². The Hall–Kier alpha value is -2.40. The number of anilines is 2. The third-order valence-corrected chi connectivity index (χ3v) is 3.67. The van der Waals surface area contributed by atoms with Gasteiger partial charge in [-0.2, -0.15) is 0 Å².